The zero-order chi connectivity index (χ0) is 15.7. The Morgan fingerprint density at radius 2 is 1.82 bits per heavy atom. The topological polar surface area (TPSA) is 54.1 Å². The third-order valence-corrected chi connectivity index (χ3v) is 3.94. The number of benzene rings is 2. The molecule has 0 aliphatic heterocycles. The van der Waals surface area contributed by atoms with E-state index in [-0.39, 0.29) is 5.91 Å². The van der Waals surface area contributed by atoms with E-state index in [0.29, 0.717) is 5.56 Å². The van der Waals surface area contributed by atoms with E-state index in [0.717, 1.165) is 28.0 Å². The summed E-state index contributed by atoms with van der Waals surface area (Å²) in [7, 11) is 1.60. The van der Waals surface area contributed by atoms with E-state index >= 15 is 0 Å². The highest BCUT2D eigenvalue weighted by Crippen LogP contribution is 2.27. The number of hydrogen-bond acceptors (Lipinski definition) is 2. The van der Waals surface area contributed by atoms with Crippen molar-refractivity contribution >= 4 is 22.5 Å². The van der Waals surface area contributed by atoms with Gasteiger partial charge < -0.3 is 15.0 Å². The van der Waals surface area contributed by atoms with Crippen molar-refractivity contribution in [2.45, 2.75) is 13.8 Å². The number of H-pyrrole nitrogens is 1. The number of ether oxygens (including phenoxy) is 1. The monoisotopic (exact) mass is 294 g/mol. The van der Waals surface area contributed by atoms with Crippen molar-refractivity contribution in [3.8, 4) is 5.75 Å². The quantitative estimate of drug-likeness (QED) is 0.765. The van der Waals surface area contributed by atoms with Gasteiger partial charge in [0.2, 0.25) is 0 Å². The molecule has 0 saturated heterocycles. The van der Waals surface area contributed by atoms with Gasteiger partial charge in [0.05, 0.1) is 18.3 Å². The molecule has 0 bridgehead atoms. The van der Waals surface area contributed by atoms with Gasteiger partial charge in [-0.1, -0.05) is 12.1 Å². The molecule has 4 nitrogen and oxygen atoms in total. The number of hydrogen-bond donors (Lipinski definition) is 2. The molecule has 0 saturated carbocycles. The Bertz CT molecular complexity index is 832. The second kappa shape index (κ2) is 5.56. The predicted octanol–water partition coefficient (Wildman–Crippen LogP) is 4.05. The van der Waals surface area contributed by atoms with Gasteiger partial charge in [-0.3, -0.25) is 4.79 Å². The van der Waals surface area contributed by atoms with E-state index < -0.39 is 0 Å². The molecule has 0 spiro atoms. The van der Waals surface area contributed by atoms with Gasteiger partial charge in [-0.05, 0) is 49.7 Å². The van der Waals surface area contributed by atoms with Crippen LogP contribution in [0.2, 0.25) is 0 Å². The summed E-state index contributed by atoms with van der Waals surface area (Å²) in [6, 6.07) is 13.0. The summed E-state index contributed by atoms with van der Waals surface area (Å²) >= 11 is 0. The van der Waals surface area contributed by atoms with E-state index in [1.165, 1.54) is 5.56 Å². The van der Waals surface area contributed by atoms with Crippen LogP contribution in [-0.4, -0.2) is 18.0 Å². The van der Waals surface area contributed by atoms with Crippen LogP contribution in [0.3, 0.4) is 0 Å². The summed E-state index contributed by atoms with van der Waals surface area (Å²) < 4.78 is 5.10. The van der Waals surface area contributed by atoms with Crippen LogP contribution in [0, 0.1) is 13.8 Å². The van der Waals surface area contributed by atoms with Crippen molar-refractivity contribution in [1.29, 1.82) is 0 Å². The second-order valence-corrected chi connectivity index (χ2v) is 5.29. The molecule has 3 rings (SSSR count). The van der Waals surface area contributed by atoms with Crippen molar-refractivity contribution in [3.63, 3.8) is 0 Å². The molecule has 1 heterocycles. The van der Waals surface area contributed by atoms with Crippen LogP contribution >= 0.6 is 0 Å². The molecule has 2 aromatic carbocycles. The SMILES string of the molecule is COc1ccc(C(=O)Nc2cccc3c(C)c(C)[nH]c23)cc1. The molecule has 0 atom stereocenters. The van der Waals surface area contributed by atoms with Gasteiger partial charge in [0.15, 0.2) is 0 Å². The molecule has 112 valence electrons. The maximum atomic E-state index is 12.4. The lowest BCUT2D eigenvalue weighted by Crippen LogP contribution is -2.12. The third-order valence-electron chi connectivity index (χ3n) is 3.94. The lowest BCUT2D eigenvalue weighted by molar-refractivity contribution is 0.102. The van der Waals surface area contributed by atoms with E-state index in [1.54, 1.807) is 31.4 Å². The van der Waals surface area contributed by atoms with E-state index in [2.05, 4.69) is 23.3 Å². The number of aromatic amines is 1. The van der Waals surface area contributed by atoms with Crippen LogP contribution in [0.4, 0.5) is 5.69 Å². The first-order valence-corrected chi connectivity index (χ1v) is 7.13. The smallest absolute Gasteiger partial charge is 0.255 e. The number of para-hydroxylation sites is 1. The fraction of sp³-hybridized carbons (Fsp3) is 0.167. The fourth-order valence-electron chi connectivity index (χ4n) is 2.52. The summed E-state index contributed by atoms with van der Waals surface area (Å²) in [6.07, 6.45) is 0. The minimum atomic E-state index is -0.139. The van der Waals surface area contributed by atoms with Gasteiger partial charge in [0.25, 0.3) is 5.91 Å². The fourth-order valence-corrected chi connectivity index (χ4v) is 2.52. The number of aryl methyl sites for hydroxylation is 2. The minimum absolute atomic E-state index is 0.139. The molecule has 2 N–H and O–H groups in total. The molecular formula is C18H18N2O2. The standard InChI is InChI=1S/C18H18N2O2/c1-11-12(2)19-17-15(11)5-4-6-16(17)20-18(21)13-7-9-14(22-3)10-8-13/h4-10,19H,1-3H3,(H,20,21). The maximum absolute atomic E-state index is 12.4. The molecule has 4 heteroatoms. The summed E-state index contributed by atoms with van der Waals surface area (Å²) in [5, 5.41) is 4.10. The van der Waals surface area contributed by atoms with Gasteiger partial charge in [-0.15, -0.1) is 0 Å². The number of rotatable bonds is 3. The van der Waals surface area contributed by atoms with Gasteiger partial charge in [0.1, 0.15) is 5.75 Å². The number of methoxy groups -OCH3 is 1. The van der Waals surface area contributed by atoms with Crippen LogP contribution < -0.4 is 10.1 Å². The van der Waals surface area contributed by atoms with Gasteiger partial charge in [-0.2, -0.15) is 0 Å². The van der Waals surface area contributed by atoms with E-state index in [9.17, 15) is 4.79 Å². The van der Waals surface area contributed by atoms with Crippen LogP contribution in [0.5, 0.6) is 5.75 Å². The number of aromatic nitrogens is 1. The zero-order valence-electron chi connectivity index (χ0n) is 12.9. The first-order chi connectivity index (χ1) is 10.6. The van der Waals surface area contributed by atoms with Crippen LogP contribution in [0.1, 0.15) is 21.6 Å². The molecule has 3 aromatic rings. The molecule has 0 fully saturated rings. The first kappa shape index (κ1) is 14.2. The second-order valence-electron chi connectivity index (χ2n) is 5.29. The maximum Gasteiger partial charge on any atom is 0.255 e. The normalized spacial score (nSPS) is 10.7. The molecule has 1 amide bonds. The Balaban J connectivity index is 1.92. The number of carbonyl (C=O) groups is 1. The molecule has 22 heavy (non-hydrogen) atoms. The number of amides is 1. The van der Waals surface area contributed by atoms with Crippen LogP contribution in [-0.2, 0) is 0 Å². The number of nitrogens with one attached hydrogen (secondary N) is 2. The van der Waals surface area contributed by atoms with Crippen molar-refractivity contribution < 1.29 is 9.53 Å². The molecular weight excluding hydrogens is 276 g/mol. The van der Waals surface area contributed by atoms with Crippen LogP contribution in [0.25, 0.3) is 10.9 Å². The minimum Gasteiger partial charge on any atom is -0.497 e. The summed E-state index contributed by atoms with van der Waals surface area (Å²) in [5.41, 5.74) is 4.66. The Kier molecular flexibility index (Phi) is 3.59. The summed E-state index contributed by atoms with van der Waals surface area (Å²) in [5.74, 6) is 0.592. The Morgan fingerprint density at radius 1 is 1.09 bits per heavy atom. The third kappa shape index (κ3) is 2.44. The van der Waals surface area contributed by atoms with Gasteiger partial charge in [0, 0.05) is 16.6 Å². The average molecular weight is 294 g/mol. The highest BCUT2D eigenvalue weighted by atomic mass is 16.5. The van der Waals surface area contributed by atoms with Crippen molar-refractivity contribution in [1.82, 2.24) is 4.98 Å². The Morgan fingerprint density at radius 3 is 2.50 bits per heavy atom. The van der Waals surface area contributed by atoms with Crippen molar-refractivity contribution in [2.24, 2.45) is 0 Å². The average Bonchev–Trinajstić information content (AvgIpc) is 2.84. The Labute approximate surface area is 129 Å². The number of anilines is 1. The largest absolute Gasteiger partial charge is 0.497 e. The molecule has 0 radical (unpaired) electrons. The summed E-state index contributed by atoms with van der Waals surface area (Å²) in [6.45, 7) is 4.10. The predicted molar refractivity (Wildman–Crippen MR) is 88.7 cm³/mol. The van der Waals surface area contributed by atoms with E-state index in [1.807, 2.05) is 19.1 Å². The van der Waals surface area contributed by atoms with E-state index in [4.69, 9.17) is 4.74 Å². The Hall–Kier alpha value is -2.75. The number of fused-ring (bicyclic) bond motifs is 1. The number of carbonyl (C=O) groups excluding carboxylic acids is 1. The highest BCUT2D eigenvalue weighted by molar-refractivity contribution is 6.09. The van der Waals surface area contributed by atoms with Gasteiger partial charge >= 0.3 is 0 Å². The molecule has 0 unspecified atom stereocenters. The molecule has 1 aromatic heterocycles. The zero-order valence-corrected chi connectivity index (χ0v) is 12.9. The first-order valence-electron chi connectivity index (χ1n) is 7.13. The lowest BCUT2D eigenvalue weighted by Gasteiger charge is -2.07. The van der Waals surface area contributed by atoms with Crippen LogP contribution in [0.15, 0.2) is 42.5 Å². The lowest BCUT2D eigenvalue weighted by atomic mass is 10.1. The van der Waals surface area contributed by atoms with Crippen molar-refractivity contribution in [2.75, 3.05) is 12.4 Å². The molecule has 0 aliphatic rings. The summed E-state index contributed by atoms with van der Waals surface area (Å²) in [4.78, 5) is 15.7. The van der Waals surface area contributed by atoms with Gasteiger partial charge in [-0.25, -0.2) is 0 Å². The highest BCUT2D eigenvalue weighted by Gasteiger charge is 2.11. The van der Waals surface area contributed by atoms with Crippen molar-refractivity contribution in [3.05, 3.63) is 59.3 Å². The molecule has 0 aliphatic carbocycles.